The van der Waals surface area contributed by atoms with Crippen LogP contribution in [0.25, 0.3) is 0 Å². The van der Waals surface area contributed by atoms with Gasteiger partial charge in [0, 0.05) is 12.7 Å². The molecule has 2 aliphatic rings. The molecule has 178 valence electrons. The minimum atomic E-state index is -1.82. The maximum Gasteiger partial charge on any atom is 0.225 e. The first-order valence-electron chi connectivity index (χ1n) is 11.1. The Hall–Kier alpha value is -2.49. The summed E-state index contributed by atoms with van der Waals surface area (Å²) in [5.41, 5.74) is 3.52. The number of aliphatic hydroxyl groups excluding tert-OH is 3. The van der Waals surface area contributed by atoms with Gasteiger partial charge < -0.3 is 34.3 Å². The van der Waals surface area contributed by atoms with Crippen LogP contribution in [0.2, 0.25) is 0 Å². The summed E-state index contributed by atoms with van der Waals surface area (Å²) >= 11 is 0. The number of fused-ring (bicyclic) bond motifs is 1. The van der Waals surface area contributed by atoms with Gasteiger partial charge in [0.15, 0.2) is 17.3 Å². The van der Waals surface area contributed by atoms with E-state index in [1.807, 2.05) is 37.3 Å². The first kappa shape index (κ1) is 23.7. The number of aryl methyl sites for hydroxylation is 1. The molecule has 1 unspecified atom stereocenters. The average Bonchev–Trinajstić information content (AvgIpc) is 2.83. The molecular weight excluding hydrogens is 428 g/mol. The molecule has 0 saturated carbocycles. The van der Waals surface area contributed by atoms with Crippen LogP contribution in [-0.2, 0) is 32.9 Å². The van der Waals surface area contributed by atoms with E-state index in [9.17, 15) is 20.1 Å². The highest BCUT2D eigenvalue weighted by Gasteiger charge is 2.56. The zero-order chi connectivity index (χ0) is 23.8. The van der Waals surface area contributed by atoms with Gasteiger partial charge in [-0.3, -0.25) is 4.79 Å². The molecule has 8 nitrogen and oxygen atoms in total. The fourth-order valence-corrected chi connectivity index (χ4v) is 4.54. The van der Waals surface area contributed by atoms with E-state index in [1.165, 1.54) is 14.0 Å². The van der Waals surface area contributed by atoms with Crippen LogP contribution in [0.1, 0.15) is 36.1 Å². The zero-order valence-corrected chi connectivity index (χ0v) is 19.0. The van der Waals surface area contributed by atoms with E-state index >= 15 is 0 Å². The van der Waals surface area contributed by atoms with Crippen molar-refractivity contribution < 1.29 is 39.1 Å². The largest absolute Gasteiger partial charge is 0.486 e. The summed E-state index contributed by atoms with van der Waals surface area (Å²) in [5, 5.41) is 31.6. The summed E-state index contributed by atoms with van der Waals surface area (Å²) in [6.07, 6.45) is -4.78. The number of Topliss-reactive ketones (excluding diaryl/α,β-unsaturated/α-hetero) is 1. The maximum atomic E-state index is 12.1. The second kappa shape index (κ2) is 9.40. The van der Waals surface area contributed by atoms with Crippen LogP contribution < -0.4 is 9.47 Å². The Labute approximate surface area is 192 Å². The zero-order valence-electron chi connectivity index (χ0n) is 19.0. The average molecular weight is 459 g/mol. The molecule has 2 aromatic carbocycles. The van der Waals surface area contributed by atoms with Crippen LogP contribution in [0, 0.1) is 0 Å². The quantitative estimate of drug-likeness (QED) is 0.597. The van der Waals surface area contributed by atoms with Gasteiger partial charge in [0.25, 0.3) is 0 Å². The smallest absolute Gasteiger partial charge is 0.225 e. The topological polar surface area (TPSA) is 115 Å². The third kappa shape index (κ3) is 4.25. The van der Waals surface area contributed by atoms with Crippen molar-refractivity contribution in [2.24, 2.45) is 0 Å². The number of hydrogen-bond donors (Lipinski definition) is 3. The Morgan fingerprint density at radius 2 is 1.76 bits per heavy atom. The highest BCUT2D eigenvalue weighted by molar-refractivity contribution is 5.81. The predicted octanol–water partition coefficient (Wildman–Crippen LogP) is 1.48. The molecule has 33 heavy (non-hydrogen) atoms. The Morgan fingerprint density at radius 1 is 1.03 bits per heavy atom. The lowest BCUT2D eigenvalue weighted by atomic mass is 9.85. The second-order valence-corrected chi connectivity index (χ2v) is 8.44. The van der Waals surface area contributed by atoms with Gasteiger partial charge in [0.2, 0.25) is 5.79 Å². The molecule has 1 fully saturated rings. The monoisotopic (exact) mass is 458 g/mol. The van der Waals surface area contributed by atoms with E-state index in [0.717, 1.165) is 23.1 Å². The normalized spacial score (nSPS) is 29.0. The number of ketones is 1. The fraction of sp³-hybridized carbons (Fsp3) is 0.480. The van der Waals surface area contributed by atoms with Crippen molar-refractivity contribution in [3.05, 3.63) is 58.7 Å². The van der Waals surface area contributed by atoms with Gasteiger partial charge in [0.05, 0.1) is 0 Å². The Morgan fingerprint density at radius 3 is 2.42 bits per heavy atom. The number of hydrogen-bond acceptors (Lipinski definition) is 8. The van der Waals surface area contributed by atoms with E-state index in [2.05, 4.69) is 0 Å². The molecular formula is C25H30O8. The Balaban J connectivity index is 1.72. The molecule has 2 heterocycles. The summed E-state index contributed by atoms with van der Waals surface area (Å²) in [5.74, 6) is -0.873. The van der Waals surface area contributed by atoms with Crippen molar-refractivity contribution in [2.75, 3.05) is 20.3 Å². The van der Waals surface area contributed by atoms with Crippen molar-refractivity contribution in [1.82, 2.24) is 0 Å². The number of aliphatic hydroxyl groups is 3. The van der Waals surface area contributed by atoms with E-state index in [0.29, 0.717) is 36.7 Å². The third-order valence-electron chi connectivity index (χ3n) is 6.37. The van der Waals surface area contributed by atoms with Gasteiger partial charge in [-0.25, -0.2) is 0 Å². The summed E-state index contributed by atoms with van der Waals surface area (Å²) in [4.78, 5) is 12.1. The summed E-state index contributed by atoms with van der Waals surface area (Å²) in [6, 6.07) is 11.3. The van der Waals surface area contributed by atoms with Gasteiger partial charge in [-0.15, -0.1) is 0 Å². The number of carbonyl (C=O) groups is 1. The van der Waals surface area contributed by atoms with Gasteiger partial charge in [0.1, 0.15) is 37.6 Å². The lowest BCUT2D eigenvalue weighted by molar-refractivity contribution is -0.355. The minimum Gasteiger partial charge on any atom is -0.486 e. The lowest BCUT2D eigenvalue weighted by Gasteiger charge is -2.47. The van der Waals surface area contributed by atoms with Gasteiger partial charge >= 0.3 is 0 Å². The summed E-state index contributed by atoms with van der Waals surface area (Å²) in [7, 11) is 1.33. The molecule has 0 radical (unpaired) electrons. The summed E-state index contributed by atoms with van der Waals surface area (Å²) < 4.78 is 22.7. The first-order valence-corrected chi connectivity index (χ1v) is 11.1. The summed E-state index contributed by atoms with van der Waals surface area (Å²) in [6.45, 7) is 4.33. The highest BCUT2D eigenvalue weighted by Crippen LogP contribution is 2.40. The van der Waals surface area contributed by atoms with Crippen LogP contribution in [0.15, 0.2) is 36.4 Å². The van der Waals surface area contributed by atoms with Crippen molar-refractivity contribution in [1.29, 1.82) is 0 Å². The second-order valence-electron chi connectivity index (χ2n) is 8.44. The van der Waals surface area contributed by atoms with Crippen LogP contribution in [0.4, 0.5) is 0 Å². The van der Waals surface area contributed by atoms with E-state index in [1.54, 1.807) is 6.07 Å². The molecule has 8 heteroatoms. The third-order valence-corrected chi connectivity index (χ3v) is 6.37. The van der Waals surface area contributed by atoms with E-state index in [4.69, 9.17) is 18.9 Å². The standard InChI is InChI=1S/C25H30O8/c1-4-16-6-7-18(25(30-3)24(29)22(28)21(27)23(33-25)14(2)26)13-17(16)11-15-5-8-19-20(12-15)32-10-9-31-19/h5-8,12-13,21-24,27-29H,4,9-11H2,1-3H3/t21-,22-,23+,24+,25?/m0/s1. The Bertz CT molecular complexity index is 1020. The fourth-order valence-electron chi connectivity index (χ4n) is 4.54. The molecule has 0 aliphatic carbocycles. The van der Waals surface area contributed by atoms with Crippen LogP contribution in [-0.4, -0.2) is 65.8 Å². The molecule has 0 amide bonds. The molecule has 5 atom stereocenters. The molecule has 2 aliphatic heterocycles. The van der Waals surface area contributed by atoms with Crippen molar-refractivity contribution in [2.45, 2.75) is 56.9 Å². The Kier molecular flexibility index (Phi) is 6.74. The van der Waals surface area contributed by atoms with Gasteiger partial charge in [-0.2, -0.15) is 0 Å². The lowest BCUT2D eigenvalue weighted by Crippen LogP contribution is -2.64. The number of benzene rings is 2. The van der Waals surface area contributed by atoms with Crippen LogP contribution in [0.5, 0.6) is 11.5 Å². The highest BCUT2D eigenvalue weighted by atomic mass is 16.7. The molecule has 0 aromatic heterocycles. The first-order chi connectivity index (χ1) is 15.8. The molecule has 0 spiro atoms. The maximum absolute atomic E-state index is 12.1. The molecule has 4 rings (SSSR count). The predicted molar refractivity (Wildman–Crippen MR) is 118 cm³/mol. The number of rotatable bonds is 6. The van der Waals surface area contributed by atoms with Crippen molar-refractivity contribution in [3.8, 4) is 11.5 Å². The van der Waals surface area contributed by atoms with Crippen molar-refractivity contribution >= 4 is 5.78 Å². The van der Waals surface area contributed by atoms with Crippen LogP contribution >= 0.6 is 0 Å². The molecule has 1 saturated heterocycles. The molecule has 2 aromatic rings. The molecule has 3 N–H and O–H groups in total. The van der Waals surface area contributed by atoms with E-state index in [-0.39, 0.29) is 0 Å². The minimum absolute atomic E-state index is 0.444. The van der Waals surface area contributed by atoms with Gasteiger partial charge in [-0.05, 0) is 54.7 Å². The van der Waals surface area contributed by atoms with Crippen LogP contribution in [0.3, 0.4) is 0 Å². The van der Waals surface area contributed by atoms with Crippen molar-refractivity contribution in [3.63, 3.8) is 0 Å². The van der Waals surface area contributed by atoms with E-state index < -0.39 is 36.0 Å². The number of methoxy groups -OCH3 is 1. The number of ether oxygens (including phenoxy) is 4. The number of carbonyl (C=O) groups excluding carboxylic acids is 1. The molecule has 0 bridgehead atoms. The van der Waals surface area contributed by atoms with Gasteiger partial charge in [-0.1, -0.05) is 25.1 Å². The SMILES string of the molecule is CCc1ccc(C2(OC)O[C@H](C(C)=O)[C@@H](O)[C@H](O)[C@H]2O)cc1Cc1ccc2c(c1)OCCO2.